The molecule has 0 aliphatic carbocycles. The molecule has 0 aromatic heterocycles. The largest absolute Gasteiger partial charge is 0.462 e. The van der Waals surface area contributed by atoms with Gasteiger partial charge in [-0.2, -0.15) is 0 Å². The third kappa shape index (κ3) is 3.85. The van der Waals surface area contributed by atoms with Crippen LogP contribution in [0.5, 0.6) is 0 Å². The highest BCUT2D eigenvalue weighted by Crippen LogP contribution is 2.18. The lowest BCUT2D eigenvalue weighted by Crippen LogP contribution is -2.18. The maximum absolute atomic E-state index is 12.1. The Kier molecular flexibility index (Phi) is 5.14. The lowest BCUT2D eigenvalue weighted by molar-refractivity contribution is -0.115. The van der Waals surface area contributed by atoms with Gasteiger partial charge in [-0.25, -0.2) is 4.79 Å². The molecule has 0 heterocycles. The van der Waals surface area contributed by atoms with Crippen molar-refractivity contribution >= 4 is 23.3 Å². The van der Waals surface area contributed by atoms with Crippen LogP contribution in [0.2, 0.25) is 0 Å². The zero-order chi connectivity index (χ0) is 15.9. The van der Waals surface area contributed by atoms with Crippen molar-refractivity contribution in [3.63, 3.8) is 0 Å². The molecule has 2 aromatic rings. The second-order valence-corrected chi connectivity index (χ2v) is 4.69. The number of esters is 1. The maximum Gasteiger partial charge on any atom is 0.340 e. The fourth-order valence-corrected chi connectivity index (χ4v) is 2.04. The normalized spacial score (nSPS) is 10.0. The van der Waals surface area contributed by atoms with Gasteiger partial charge in [-0.15, -0.1) is 0 Å². The van der Waals surface area contributed by atoms with Crippen LogP contribution >= 0.6 is 0 Å². The van der Waals surface area contributed by atoms with Crippen molar-refractivity contribution in [1.82, 2.24) is 0 Å². The molecule has 22 heavy (non-hydrogen) atoms. The molecule has 5 nitrogen and oxygen atoms in total. The summed E-state index contributed by atoms with van der Waals surface area (Å²) >= 11 is 0. The molecule has 0 bridgehead atoms. The summed E-state index contributed by atoms with van der Waals surface area (Å²) in [6.07, 6.45) is 0.143. The summed E-state index contributed by atoms with van der Waals surface area (Å²) in [6.45, 7) is 2.01. The zero-order valence-corrected chi connectivity index (χ0v) is 12.3. The highest BCUT2D eigenvalue weighted by Gasteiger charge is 2.14. The van der Waals surface area contributed by atoms with Gasteiger partial charge >= 0.3 is 5.97 Å². The van der Waals surface area contributed by atoms with Crippen LogP contribution in [0.25, 0.3) is 0 Å². The molecule has 3 N–H and O–H groups in total. The van der Waals surface area contributed by atoms with Crippen LogP contribution in [0.1, 0.15) is 22.8 Å². The highest BCUT2D eigenvalue weighted by atomic mass is 16.5. The third-order valence-electron chi connectivity index (χ3n) is 3.10. The van der Waals surface area contributed by atoms with Gasteiger partial charge in [0.25, 0.3) is 0 Å². The number of anilines is 2. The Bertz CT molecular complexity index is 683. The van der Waals surface area contributed by atoms with Crippen molar-refractivity contribution < 1.29 is 14.3 Å². The molecule has 0 spiro atoms. The summed E-state index contributed by atoms with van der Waals surface area (Å²) in [5.41, 5.74) is 7.90. The number of ether oxygens (including phenoxy) is 1. The average Bonchev–Trinajstić information content (AvgIpc) is 2.50. The average molecular weight is 298 g/mol. The van der Waals surface area contributed by atoms with Gasteiger partial charge in [-0.3, -0.25) is 4.79 Å². The van der Waals surface area contributed by atoms with Crippen molar-refractivity contribution in [2.24, 2.45) is 0 Å². The monoisotopic (exact) mass is 298 g/mol. The van der Waals surface area contributed by atoms with E-state index in [1.807, 2.05) is 12.1 Å². The third-order valence-corrected chi connectivity index (χ3v) is 3.10. The van der Waals surface area contributed by atoms with Crippen molar-refractivity contribution in [3.8, 4) is 0 Å². The Balaban J connectivity index is 2.12. The molecule has 0 unspecified atom stereocenters. The van der Waals surface area contributed by atoms with E-state index >= 15 is 0 Å². The predicted molar refractivity (Wildman–Crippen MR) is 85.6 cm³/mol. The SMILES string of the molecule is CCOC(=O)c1ccccc1NC(=O)Cc1ccccc1N. The number of hydrogen-bond donors (Lipinski definition) is 2. The number of nitrogen functional groups attached to an aromatic ring is 1. The van der Waals surface area contributed by atoms with Gasteiger partial charge in [0, 0.05) is 5.69 Å². The summed E-state index contributed by atoms with van der Waals surface area (Å²) in [5, 5.41) is 2.73. The van der Waals surface area contributed by atoms with Gasteiger partial charge in [0.05, 0.1) is 24.3 Å². The van der Waals surface area contributed by atoms with Crippen LogP contribution < -0.4 is 11.1 Å². The smallest absolute Gasteiger partial charge is 0.340 e. The van der Waals surface area contributed by atoms with Crippen LogP contribution in [-0.4, -0.2) is 18.5 Å². The first-order chi connectivity index (χ1) is 10.6. The number of carbonyl (C=O) groups is 2. The van der Waals surface area contributed by atoms with E-state index in [-0.39, 0.29) is 18.9 Å². The number of carbonyl (C=O) groups excluding carboxylic acids is 2. The van der Waals surface area contributed by atoms with Crippen LogP contribution in [0, 0.1) is 0 Å². The number of rotatable bonds is 5. The quantitative estimate of drug-likeness (QED) is 0.656. The molecule has 2 rings (SSSR count). The van der Waals surface area contributed by atoms with Crippen molar-refractivity contribution in [3.05, 3.63) is 59.7 Å². The van der Waals surface area contributed by atoms with Crippen LogP contribution in [0.4, 0.5) is 11.4 Å². The minimum atomic E-state index is -0.461. The van der Waals surface area contributed by atoms with Crippen LogP contribution in [0.15, 0.2) is 48.5 Å². The number of nitrogens with two attached hydrogens (primary N) is 1. The minimum Gasteiger partial charge on any atom is -0.462 e. The van der Waals surface area contributed by atoms with E-state index in [2.05, 4.69) is 5.32 Å². The maximum atomic E-state index is 12.1. The summed E-state index contributed by atoms with van der Waals surface area (Å²) < 4.78 is 4.98. The van der Waals surface area contributed by atoms with E-state index in [1.165, 1.54) is 0 Å². The van der Waals surface area contributed by atoms with Gasteiger partial charge < -0.3 is 15.8 Å². The summed E-state index contributed by atoms with van der Waals surface area (Å²) in [5.74, 6) is -0.702. The number of nitrogens with one attached hydrogen (secondary N) is 1. The zero-order valence-electron chi connectivity index (χ0n) is 12.3. The van der Waals surface area contributed by atoms with E-state index in [0.29, 0.717) is 16.9 Å². The number of para-hydroxylation sites is 2. The Morgan fingerprint density at radius 1 is 1.09 bits per heavy atom. The molecular formula is C17H18N2O3. The number of benzene rings is 2. The van der Waals surface area contributed by atoms with Crippen LogP contribution in [0.3, 0.4) is 0 Å². The summed E-state index contributed by atoms with van der Waals surface area (Å²) in [4.78, 5) is 24.0. The fraction of sp³-hybridized carbons (Fsp3) is 0.176. The first-order valence-electron chi connectivity index (χ1n) is 7.01. The van der Waals surface area contributed by atoms with E-state index in [1.54, 1.807) is 43.3 Å². The Labute approximate surface area is 129 Å². The van der Waals surface area contributed by atoms with Gasteiger partial charge in [0.2, 0.25) is 5.91 Å². The lowest BCUT2D eigenvalue weighted by atomic mass is 10.1. The number of hydrogen-bond acceptors (Lipinski definition) is 4. The Morgan fingerprint density at radius 3 is 2.50 bits per heavy atom. The fourth-order valence-electron chi connectivity index (χ4n) is 2.04. The predicted octanol–water partition coefficient (Wildman–Crippen LogP) is 2.63. The van der Waals surface area contributed by atoms with Crippen LogP contribution in [-0.2, 0) is 16.0 Å². The molecule has 0 radical (unpaired) electrons. The van der Waals surface area contributed by atoms with Gasteiger partial charge in [0.1, 0.15) is 0 Å². The molecular weight excluding hydrogens is 280 g/mol. The molecule has 0 saturated heterocycles. The molecule has 114 valence electrons. The van der Waals surface area contributed by atoms with E-state index in [0.717, 1.165) is 5.56 Å². The summed E-state index contributed by atoms with van der Waals surface area (Å²) in [7, 11) is 0. The van der Waals surface area contributed by atoms with Gasteiger partial charge in [-0.05, 0) is 30.7 Å². The first kappa shape index (κ1) is 15.6. The number of amides is 1. The standard InChI is InChI=1S/C17H18N2O3/c1-2-22-17(21)13-8-4-6-10-15(13)19-16(20)11-12-7-3-5-9-14(12)18/h3-10H,2,11,18H2,1H3,(H,19,20). The molecule has 0 fully saturated rings. The Hall–Kier alpha value is -2.82. The minimum absolute atomic E-state index is 0.143. The second kappa shape index (κ2) is 7.26. The molecule has 1 amide bonds. The van der Waals surface area contributed by atoms with E-state index in [4.69, 9.17) is 10.5 Å². The molecule has 5 heteroatoms. The summed E-state index contributed by atoms with van der Waals surface area (Å²) in [6, 6.07) is 13.9. The molecule has 0 aliphatic rings. The van der Waals surface area contributed by atoms with Crippen molar-refractivity contribution in [2.45, 2.75) is 13.3 Å². The Morgan fingerprint density at radius 2 is 1.77 bits per heavy atom. The molecule has 0 saturated carbocycles. The molecule has 0 atom stereocenters. The lowest BCUT2D eigenvalue weighted by Gasteiger charge is -2.11. The molecule has 2 aromatic carbocycles. The van der Waals surface area contributed by atoms with E-state index < -0.39 is 5.97 Å². The highest BCUT2D eigenvalue weighted by molar-refractivity contribution is 6.01. The molecule has 0 aliphatic heterocycles. The van der Waals surface area contributed by atoms with Gasteiger partial charge in [-0.1, -0.05) is 30.3 Å². The van der Waals surface area contributed by atoms with Crippen molar-refractivity contribution in [2.75, 3.05) is 17.7 Å². The van der Waals surface area contributed by atoms with Crippen molar-refractivity contribution in [1.29, 1.82) is 0 Å². The first-order valence-corrected chi connectivity index (χ1v) is 7.01. The second-order valence-electron chi connectivity index (χ2n) is 4.69. The van der Waals surface area contributed by atoms with E-state index in [9.17, 15) is 9.59 Å². The topological polar surface area (TPSA) is 81.4 Å². The van der Waals surface area contributed by atoms with Gasteiger partial charge in [0.15, 0.2) is 0 Å².